The number of nitrogen functional groups attached to an aromatic ring is 1. The normalized spacial score (nSPS) is 22.6. The van der Waals surface area contributed by atoms with Crippen LogP contribution in [0.15, 0.2) is 18.2 Å². The van der Waals surface area contributed by atoms with E-state index >= 15 is 0 Å². The van der Waals surface area contributed by atoms with Gasteiger partial charge in [0.2, 0.25) is 0 Å². The van der Waals surface area contributed by atoms with Crippen molar-refractivity contribution in [2.75, 3.05) is 24.3 Å². The predicted molar refractivity (Wildman–Crippen MR) is 72.5 cm³/mol. The van der Waals surface area contributed by atoms with Crippen LogP contribution >= 0.6 is 0 Å². The van der Waals surface area contributed by atoms with Gasteiger partial charge < -0.3 is 10.5 Å². The third-order valence-electron chi connectivity index (χ3n) is 3.42. The molecule has 5 heteroatoms. The van der Waals surface area contributed by atoms with Crippen LogP contribution in [0.4, 0.5) is 5.69 Å². The second-order valence-electron chi connectivity index (χ2n) is 4.89. The number of methoxy groups -OCH3 is 1. The maximum absolute atomic E-state index is 11.6. The Morgan fingerprint density at radius 1 is 1.44 bits per heavy atom. The Morgan fingerprint density at radius 3 is 2.83 bits per heavy atom. The van der Waals surface area contributed by atoms with Crippen molar-refractivity contribution in [3.8, 4) is 5.75 Å². The molecule has 0 radical (unpaired) electrons. The van der Waals surface area contributed by atoms with Crippen LogP contribution in [0.5, 0.6) is 5.75 Å². The number of benzene rings is 1. The lowest BCUT2D eigenvalue weighted by molar-refractivity contribution is 0.414. The second kappa shape index (κ2) is 5.18. The molecule has 1 aliphatic heterocycles. The summed E-state index contributed by atoms with van der Waals surface area (Å²) in [4.78, 5) is 0. The molecule has 100 valence electrons. The fourth-order valence-corrected chi connectivity index (χ4v) is 4.25. The van der Waals surface area contributed by atoms with E-state index in [9.17, 15) is 8.42 Å². The molecule has 18 heavy (non-hydrogen) atoms. The maximum atomic E-state index is 11.6. The van der Waals surface area contributed by atoms with Crippen LogP contribution in [0.2, 0.25) is 0 Å². The van der Waals surface area contributed by atoms with Gasteiger partial charge in [-0.2, -0.15) is 0 Å². The molecule has 1 aromatic carbocycles. The molecule has 0 bridgehead atoms. The van der Waals surface area contributed by atoms with Gasteiger partial charge in [-0.1, -0.05) is 6.07 Å². The molecule has 1 saturated heterocycles. The van der Waals surface area contributed by atoms with Gasteiger partial charge in [0.15, 0.2) is 9.84 Å². The lowest BCUT2D eigenvalue weighted by Crippen LogP contribution is -2.26. The summed E-state index contributed by atoms with van der Waals surface area (Å²) in [6, 6.07) is 5.57. The molecule has 2 rings (SSSR count). The highest BCUT2D eigenvalue weighted by molar-refractivity contribution is 7.91. The minimum atomic E-state index is -2.84. The van der Waals surface area contributed by atoms with Gasteiger partial charge in [-0.3, -0.25) is 0 Å². The Bertz CT molecular complexity index is 525. The first-order valence-electron chi connectivity index (χ1n) is 6.13. The van der Waals surface area contributed by atoms with Crippen LogP contribution < -0.4 is 10.5 Å². The summed E-state index contributed by atoms with van der Waals surface area (Å²) in [5.74, 6) is 1.55. The second-order valence-corrected chi connectivity index (χ2v) is 7.12. The van der Waals surface area contributed by atoms with E-state index in [4.69, 9.17) is 10.5 Å². The SMILES string of the molecule is COc1ccc(CC2CCCS(=O)(=O)C2)c(N)c1. The largest absolute Gasteiger partial charge is 0.497 e. The van der Waals surface area contributed by atoms with Gasteiger partial charge >= 0.3 is 0 Å². The number of hydrogen-bond acceptors (Lipinski definition) is 4. The van der Waals surface area contributed by atoms with Gasteiger partial charge in [0.05, 0.1) is 18.6 Å². The first-order chi connectivity index (χ1) is 8.50. The highest BCUT2D eigenvalue weighted by Crippen LogP contribution is 2.26. The Morgan fingerprint density at radius 2 is 2.22 bits per heavy atom. The van der Waals surface area contributed by atoms with Gasteiger partial charge in [-0.15, -0.1) is 0 Å². The van der Waals surface area contributed by atoms with Crippen molar-refractivity contribution in [2.24, 2.45) is 5.92 Å². The van der Waals surface area contributed by atoms with Gasteiger partial charge in [-0.25, -0.2) is 8.42 Å². The summed E-state index contributed by atoms with van der Waals surface area (Å²) in [6.45, 7) is 0. The van der Waals surface area contributed by atoms with E-state index < -0.39 is 9.84 Å². The molecule has 1 atom stereocenters. The molecule has 1 heterocycles. The zero-order valence-electron chi connectivity index (χ0n) is 10.6. The number of anilines is 1. The van der Waals surface area contributed by atoms with E-state index in [0.717, 1.165) is 30.6 Å². The molecule has 1 unspecified atom stereocenters. The van der Waals surface area contributed by atoms with Gasteiger partial charge in [0, 0.05) is 11.8 Å². The van der Waals surface area contributed by atoms with Crippen molar-refractivity contribution < 1.29 is 13.2 Å². The van der Waals surface area contributed by atoms with E-state index in [1.807, 2.05) is 12.1 Å². The minimum Gasteiger partial charge on any atom is -0.497 e. The van der Waals surface area contributed by atoms with E-state index in [1.165, 1.54) is 0 Å². The van der Waals surface area contributed by atoms with Crippen molar-refractivity contribution in [3.05, 3.63) is 23.8 Å². The number of sulfone groups is 1. The Labute approximate surface area is 108 Å². The van der Waals surface area contributed by atoms with Crippen molar-refractivity contribution in [1.29, 1.82) is 0 Å². The molecule has 2 N–H and O–H groups in total. The first-order valence-corrected chi connectivity index (χ1v) is 7.95. The standard InChI is InChI=1S/C13H19NO3S/c1-17-12-5-4-11(13(14)8-12)7-10-3-2-6-18(15,16)9-10/h4-5,8,10H,2-3,6-7,9,14H2,1H3. The zero-order valence-corrected chi connectivity index (χ0v) is 11.4. The third-order valence-corrected chi connectivity index (χ3v) is 5.31. The first kappa shape index (κ1) is 13.2. The van der Waals surface area contributed by atoms with Crippen molar-refractivity contribution >= 4 is 15.5 Å². The van der Waals surface area contributed by atoms with Crippen LogP contribution in [0.3, 0.4) is 0 Å². The number of nitrogens with two attached hydrogens (primary N) is 1. The van der Waals surface area contributed by atoms with Crippen LogP contribution in [0, 0.1) is 5.92 Å². The average Bonchev–Trinajstić information content (AvgIpc) is 2.30. The molecule has 1 aliphatic rings. The maximum Gasteiger partial charge on any atom is 0.150 e. The summed E-state index contributed by atoms with van der Waals surface area (Å²) in [7, 11) is -1.24. The Kier molecular flexibility index (Phi) is 3.80. The highest BCUT2D eigenvalue weighted by atomic mass is 32.2. The van der Waals surface area contributed by atoms with Crippen LogP contribution in [0.1, 0.15) is 18.4 Å². The van der Waals surface area contributed by atoms with Gasteiger partial charge in [-0.05, 0) is 36.8 Å². The van der Waals surface area contributed by atoms with Gasteiger partial charge in [0.25, 0.3) is 0 Å². The van der Waals surface area contributed by atoms with E-state index in [0.29, 0.717) is 17.2 Å². The molecule has 0 spiro atoms. The lowest BCUT2D eigenvalue weighted by atomic mass is 9.95. The number of ether oxygens (including phenoxy) is 1. The summed E-state index contributed by atoms with van der Waals surface area (Å²) in [6.07, 6.45) is 2.46. The number of rotatable bonds is 3. The van der Waals surface area contributed by atoms with E-state index in [1.54, 1.807) is 13.2 Å². The van der Waals surface area contributed by atoms with E-state index in [-0.39, 0.29) is 5.92 Å². The molecule has 0 aliphatic carbocycles. The molecule has 1 fully saturated rings. The Balaban J connectivity index is 2.09. The van der Waals surface area contributed by atoms with Crippen LogP contribution in [0.25, 0.3) is 0 Å². The zero-order chi connectivity index (χ0) is 13.2. The summed E-state index contributed by atoms with van der Waals surface area (Å²) in [5.41, 5.74) is 7.64. The summed E-state index contributed by atoms with van der Waals surface area (Å²) in [5, 5.41) is 0. The lowest BCUT2D eigenvalue weighted by Gasteiger charge is -2.22. The summed E-state index contributed by atoms with van der Waals surface area (Å²) < 4.78 is 28.3. The number of hydrogen-bond donors (Lipinski definition) is 1. The smallest absolute Gasteiger partial charge is 0.150 e. The molecular weight excluding hydrogens is 250 g/mol. The molecule has 0 amide bonds. The molecule has 1 aromatic rings. The minimum absolute atomic E-state index is 0.194. The topological polar surface area (TPSA) is 69.4 Å². The molecular formula is C13H19NO3S. The van der Waals surface area contributed by atoms with Gasteiger partial charge in [0.1, 0.15) is 5.75 Å². The van der Waals surface area contributed by atoms with Crippen LogP contribution in [-0.4, -0.2) is 27.0 Å². The van der Waals surface area contributed by atoms with Crippen molar-refractivity contribution in [3.63, 3.8) is 0 Å². The monoisotopic (exact) mass is 269 g/mol. The fourth-order valence-electron chi connectivity index (χ4n) is 2.48. The van der Waals surface area contributed by atoms with Crippen molar-refractivity contribution in [1.82, 2.24) is 0 Å². The van der Waals surface area contributed by atoms with E-state index in [2.05, 4.69) is 0 Å². The molecule has 0 aromatic heterocycles. The van der Waals surface area contributed by atoms with Crippen molar-refractivity contribution in [2.45, 2.75) is 19.3 Å². The third kappa shape index (κ3) is 3.16. The molecule has 4 nitrogen and oxygen atoms in total. The molecule has 0 saturated carbocycles. The predicted octanol–water partition coefficient (Wildman–Crippen LogP) is 1.64. The fraction of sp³-hybridized carbons (Fsp3) is 0.538. The quantitative estimate of drug-likeness (QED) is 0.847. The Hall–Kier alpha value is -1.23. The average molecular weight is 269 g/mol. The summed E-state index contributed by atoms with van der Waals surface area (Å²) >= 11 is 0. The van der Waals surface area contributed by atoms with Crippen LogP contribution in [-0.2, 0) is 16.3 Å². The highest BCUT2D eigenvalue weighted by Gasteiger charge is 2.25.